The molecule has 18 heteroatoms. The van der Waals surface area contributed by atoms with Crippen LogP contribution in [-0.2, 0) is 38.5 Å². The summed E-state index contributed by atoms with van der Waals surface area (Å²) in [6.45, 7) is 18.4. The molecule has 3 heterocycles. The van der Waals surface area contributed by atoms with Crippen LogP contribution in [0.3, 0.4) is 0 Å². The first kappa shape index (κ1) is 66.4. The molecule has 0 aliphatic heterocycles. The molecule has 15 nitrogen and oxygen atoms in total. The topological polar surface area (TPSA) is 194 Å². The predicted octanol–water partition coefficient (Wildman–Crippen LogP) is 10.0. The smallest absolute Gasteiger partial charge is 0.315 e. The van der Waals surface area contributed by atoms with Gasteiger partial charge < -0.3 is 61.9 Å². The van der Waals surface area contributed by atoms with Gasteiger partial charge in [-0.05, 0) is 290 Å². The van der Waals surface area contributed by atoms with E-state index < -0.39 is 0 Å². The molecule has 0 saturated carbocycles. The number of carbonyl (C=O) groups excluding carboxylic acids is 3. The third-order valence-corrected chi connectivity index (χ3v) is 16.5. The van der Waals surface area contributed by atoms with Crippen molar-refractivity contribution >= 4 is 52.1 Å². The SMILES string of the molecule is Cc1cc(O)cc(C)c1C[C@@H](CNC(=O)NC(C)Cc1ccsc1)N(C)C.Cc1cc(O)cc(C)c1C[C@@H](CNC(=O)NCCc1ccsc1)N(C)C.Cc1cc(O)cc(C)c1C[C@@H](CNC(=O)N[C@@H](C)Cc1ccsc1)N(C)C. The summed E-state index contributed by atoms with van der Waals surface area (Å²) >= 11 is 5.01. The van der Waals surface area contributed by atoms with Crippen molar-refractivity contribution in [3.63, 3.8) is 0 Å². The minimum absolute atomic E-state index is 0.0824. The number of nitrogens with one attached hydrogen (secondary N) is 6. The number of aryl methyl sites for hydroxylation is 6. The number of hydrogen-bond acceptors (Lipinski definition) is 12. The van der Waals surface area contributed by atoms with Gasteiger partial charge in [0.2, 0.25) is 0 Å². The average molecular weight is 1150 g/mol. The van der Waals surface area contributed by atoms with Crippen LogP contribution in [0.1, 0.15) is 80.6 Å². The zero-order valence-electron chi connectivity index (χ0n) is 49.8. The quantitative estimate of drug-likeness (QED) is 0.0284. The van der Waals surface area contributed by atoms with E-state index in [0.717, 1.165) is 71.9 Å². The van der Waals surface area contributed by atoms with Crippen molar-refractivity contribution in [3.05, 3.63) is 154 Å². The maximum Gasteiger partial charge on any atom is 0.315 e. The van der Waals surface area contributed by atoms with Crippen LogP contribution < -0.4 is 31.9 Å². The highest BCUT2D eigenvalue weighted by molar-refractivity contribution is 7.08. The molecule has 9 N–H and O–H groups in total. The number of rotatable bonds is 24. The number of urea groups is 3. The second-order valence-electron chi connectivity index (χ2n) is 21.8. The summed E-state index contributed by atoms with van der Waals surface area (Å²) in [5.74, 6) is 0.896. The van der Waals surface area contributed by atoms with Crippen molar-refractivity contribution in [2.75, 3.05) is 68.5 Å². The largest absolute Gasteiger partial charge is 0.508 e. The van der Waals surface area contributed by atoms with Gasteiger partial charge >= 0.3 is 18.1 Å². The number of aromatic hydroxyl groups is 3. The van der Waals surface area contributed by atoms with Gasteiger partial charge in [-0.25, -0.2) is 14.4 Å². The van der Waals surface area contributed by atoms with Crippen LogP contribution in [0.2, 0.25) is 0 Å². The Kier molecular flexibility index (Phi) is 27.8. The molecule has 0 spiro atoms. The summed E-state index contributed by atoms with van der Waals surface area (Å²) in [6, 6.07) is 17.3. The van der Waals surface area contributed by atoms with E-state index in [2.05, 4.69) is 91.7 Å². The van der Waals surface area contributed by atoms with E-state index in [1.54, 1.807) is 70.4 Å². The van der Waals surface area contributed by atoms with Crippen LogP contribution in [0.15, 0.2) is 86.9 Å². The summed E-state index contributed by atoms with van der Waals surface area (Å²) in [4.78, 5) is 43.0. The molecule has 80 heavy (non-hydrogen) atoms. The van der Waals surface area contributed by atoms with Crippen LogP contribution in [0.25, 0.3) is 0 Å². The summed E-state index contributed by atoms with van der Waals surface area (Å²) in [5, 5.41) is 59.6. The van der Waals surface area contributed by atoms with E-state index >= 15 is 0 Å². The van der Waals surface area contributed by atoms with Crippen molar-refractivity contribution in [1.29, 1.82) is 0 Å². The maximum atomic E-state index is 12.3. The molecule has 3 aromatic carbocycles. The highest BCUT2D eigenvalue weighted by atomic mass is 32.1. The van der Waals surface area contributed by atoms with E-state index in [0.29, 0.717) is 43.4 Å². The Morgan fingerprint density at radius 2 is 0.725 bits per heavy atom. The standard InChI is InChI=1S/2C21H31N3O2S.C20H29N3O2S/c2*1-14-8-19(25)9-15(2)20(14)11-18(24(4)5)12-22-21(26)23-16(3)10-17-6-7-27-13-17;1-14-9-18(24)10-15(2)19(14)11-17(23(3)4)12-22-20(25)21-7-5-16-6-8-26-13-16/h2*6-9,13,16,18,25H,10-12H2,1-5H3,(H2,22,23,26);6,8-10,13,17,24H,5,7,11-12H2,1-4H3,(H2,21,22,25)/t16?,18-;16-,18-;17-/m000/s1. The van der Waals surface area contributed by atoms with E-state index in [4.69, 9.17) is 0 Å². The third-order valence-electron chi connectivity index (χ3n) is 14.3. The third kappa shape index (κ3) is 23.5. The Morgan fingerprint density at radius 3 is 1.00 bits per heavy atom. The molecule has 0 bridgehead atoms. The van der Waals surface area contributed by atoms with Crippen LogP contribution >= 0.6 is 34.0 Å². The molecule has 6 rings (SSSR count). The van der Waals surface area contributed by atoms with Crippen molar-refractivity contribution in [3.8, 4) is 17.2 Å². The zero-order chi connectivity index (χ0) is 59.1. The van der Waals surface area contributed by atoms with E-state index in [1.165, 1.54) is 33.4 Å². The molecule has 3 aromatic heterocycles. The molecular weight excluding hydrogens is 1060 g/mol. The molecule has 0 fully saturated rings. The fourth-order valence-electron chi connectivity index (χ4n) is 9.52. The predicted molar refractivity (Wildman–Crippen MR) is 334 cm³/mol. The second kappa shape index (κ2) is 33.6. The van der Waals surface area contributed by atoms with Gasteiger partial charge in [0.25, 0.3) is 0 Å². The number of benzene rings is 3. The van der Waals surface area contributed by atoms with Crippen LogP contribution in [0.4, 0.5) is 14.4 Å². The molecular formula is C62H91N9O6S3. The number of carbonyl (C=O) groups is 3. The Balaban J connectivity index is 0.000000258. The first-order valence-corrected chi connectivity index (χ1v) is 30.2. The summed E-state index contributed by atoms with van der Waals surface area (Å²) in [5.41, 5.74) is 13.9. The number of phenols is 3. The molecule has 5 atom stereocenters. The lowest BCUT2D eigenvalue weighted by atomic mass is 9.95. The molecule has 0 aliphatic carbocycles. The number of thiophene rings is 3. The monoisotopic (exact) mass is 1150 g/mol. The Bertz CT molecular complexity index is 2610. The van der Waals surface area contributed by atoms with Gasteiger partial charge in [-0.1, -0.05) is 0 Å². The van der Waals surface area contributed by atoms with E-state index in [9.17, 15) is 29.7 Å². The van der Waals surface area contributed by atoms with Gasteiger partial charge in [-0.2, -0.15) is 34.0 Å². The van der Waals surface area contributed by atoms with E-state index in [1.807, 2.05) is 103 Å². The Labute approximate surface area is 489 Å². The van der Waals surface area contributed by atoms with Crippen LogP contribution in [0.5, 0.6) is 17.2 Å². The summed E-state index contributed by atoms with van der Waals surface area (Å²) in [6.07, 6.45) is 4.96. The van der Waals surface area contributed by atoms with Crippen molar-refractivity contribution < 1.29 is 29.7 Å². The molecule has 438 valence electrons. The fraction of sp³-hybridized carbons (Fsp3) is 0.468. The number of phenolic OH excluding ortho intramolecular Hbond substituents is 3. The minimum Gasteiger partial charge on any atom is -0.508 e. The lowest BCUT2D eigenvalue weighted by Gasteiger charge is -2.26. The van der Waals surface area contributed by atoms with Gasteiger partial charge in [0.1, 0.15) is 17.2 Å². The van der Waals surface area contributed by atoms with Crippen LogP contribution in [0, 0.1) is 41.5 Å². The highest BCUT2D eigenvalue weighted by Crippen LogP contribution is 2.25. The van der Waals surface area contributed by atoms with Crippen molar-refractivity contribution in [2.45, 2.75) is 124 Å². The van der Waals surface area contributed by atoms with Crippen molar-refractivity contribution in [1.82, 2.24) is 46.6 Å². The molecule has 6 aromatic rings. The van der Waals surface area contributed by atoms with Crippen molar-refractivity contribution in [2.24, 2.45) is 0 Å². The zero-order valence-corrected chi connectivity index (χ0v) is 52.2. The van der Waals surface area contributed by atoms with Gasteiger partial charge in [-0.15, -0.1) is 0 Å². The van der Waals surface area contributed by atoms with Gasteiger partial charge in [0.15, 0.2) is 0 Å². The second-order valence-corrected chi connectivity index (χ2v) is 24.2. The first-order valence-electron chi connectivity index (χ1n) is 27.4. The summed E-state index contributed by atoms with van der Waals surface area (Å²) < 4.78 is 0. The van der Waals surface area contributed by atoms with Gasteiger partial charge in [-0.3, -0.25) is 0 Å². The molecule has 0 aliphatic rings. The molecule has 6 amide bonds. The lowest BCUT2D eigenvalue weighted by Crippen LogP contribution is -2.47. The number of amides is 6. The average Bonchev–Trinajstić information content (AvgIpc) is 4.20. The van der Waals surface area contributed by atoms with Crippen LogP contribution in [-0.4, -0.2) is 147 Å². The Hall–Kier alpha value is -6.15. The number of likely N-dealkylation sites (N-methyl/N-ethyl adjacent to an activating group) is 3. The normalized spacial score (nSPS) is 13.0. The molecule has 1 unspecified atom stereocenters. The van der Waals surface area contributed by atoms with E-state index in [-0.39, 0.29) is 48.3 Å². The van der Waals surface area contributed by atoms with Gasteiger partial charge in [0, 0.05) is 56.4 Å². The van der Waals surface area contributed by atoms with Gasteiger partial charge in [0.05, 0.1) is 0 Å². The summed E-state index contributed by atoms with van der Waals surface area (Å²) in [7, 11) is 12.1. The molecule has 0 saturated heterocycles. The highest BCUT2D eigenvalue weighted by Gasteiger charge is 2.21. The maximum absolute atomic E-state index is 12.3. The first-order chi connectivity index (χ1) is 37.9. The minimum atomic E-state index is -0.135. The molecule has 0 radical (unpaired) electrons. The fourth-order valence-corrected chi connectivity index (χ4v) is 11.6. The number of nitrogens with zero attached hydrogens (tertiary/aromatic N) is 3. The lowest BCUT2D eigenvalue weighted by molar-refractivity contribution is 0.228. The Morgan fingerprint density at radius 1 is 0.438 bits per heavy atom. The number of hydrogen-bond donors (Lipinski definition) is 9.